The van der Waals surface area contributed by atoms with E-state index in [1.54, 1.807) is 24.3 Å². The molecular formula is C16H17NO3S. The SMILES string of the molecule is Cc1ccc(S(=O)(=O)NC2c3ccccc3CC2O)cc1. The van der Waals surface area contributed by atoms with E-state index < -0.39 is 22.2 Å². The quantitative estimate of drug-likeness (QED) is 0.910. The molecule has 2 aromatic rings. The first-order valence-electron chi connectivity index (χ1n) is 6.82. The molecule has 1 aliphatic carbocycles. The van der Waals surface area contributed by atoms with E-state index in [1.165, 1.54) is 0 Å². The van der Waals surface area contributed by atoms with Gasteiger partial charge in [-0.25, -0.2) is 13.1 Å². The van der Waals surface area contributed by atoms with Gasteiger partial charge in [-0.1, -0.05) is 42.0 Å². The largest absolute Gasteiger partial charge is 0.391 e. The van der Waals surface area contributed by atoms with E-state index in [0.717, 1.165) is 16.7 Å². The highest BCUT2D eigenvalue weighted by atomic mass is 32.2. The van der Waals surface area contributed by atoms with E-state index in [4.69, 9.17) is 0 Å². The van der Waals surface area contributed by atoms with Gasteiger partial charge in [-0.3, -0.25) is 0 Å². The number of benzene rings is 2. The van der Waals surface area contributed by atoms with Gasteiger partial charge >= 0.3 is 0 Å². The van der Waals surface area contributed by atoms with Crippen molar-refractivity contribution < 1.29 is 13.5 Å². The van der Waals surface area contributed by atoms with Crippen molar-refractivity contribution in [3.8, 4) is 0 Å². The summed E-state index contributed by atoms with van der Waals surface area (Å²) in [6, 6.07) is 13.6. The van der Waals surface area contributed by atoms with Crippen LogP contribution in [0.4, 0.5) is 0 Å². The molecule has 2 atom stereocenters. The van der Waals surface area contributed by atoms with E-state index in [0.29, 0.717) is 6.42 Å². The minimum atomic E-state index is -3.65. The molecule has 0 aromatic heterocycles. The molecule has 0 amide bonds. The third-order valence-electron chi connectivity index (χ3n) is 3.82. The number of aryl methyl sites for hydroxylation is 1. The second-order valence-corrected chi connectivity index (χ2v) is 7.10. The van der Waals surface area contributed by atoms with Crippen LogP contribution in [-0.4, -0.2) is 19.6 Å². The van der Waals surface area contributed by atoms with Crippen molar-refractivity contribution in [2.75, 3.05) is 0 Å². The zero-order valence-corrected chi connectivity index (χ0v) is 12.5. The molecule has 2 N–H and O–H groups in total. The first-order valence-corrected chi connectivity index (χ1v) is 8.30. The van der Waals surface area contributed by atoms with Crippen molar-refractivity contribution in [3.63, 3.8) is 0 Å². The van der Waals surface area contributed by atoms with Gasteiger partial charge in [0.25, 0.3) is 0 Å². The molecule has 0 spiro atoms. The summed E-state index contributed by atoms with van der Waals surface area (Å²) in [7, 11) is -3.65. The average molecular weight is 303 g/mol. The Kier molecular flexibility index (Phi) is 3.57. The topological polar surface area (TPSA) is 66.4 Å². The average Bonchev–Trinajstić information content (AvgIpc) is 2.75. The summed E-state index contributed by atoms with van der Waals surface area (Å²) in [4.78, 5) is 0.213. The Hall–Kier alpha value is -1.69. The number of fused-ring (bicyclic) bond motifs is 1. The molecule has 21 heavy (non-hydrogen) atoms. The normalized spacial score (nSPS) is 21.2. The summed E-state index contributed by atoms with van der Waals surface area (Å²) >= 11 is 0. The van der Waals surface area contributed by atoms with E-state index in [2.05, 4.69) is 4.72 Å². The smallest absolute Gasteiger partial charge is 0.241 e. The van der Waals surface area contributed by atoms with Crippen LogP contribution in [0.5, 0.6) is 0 Å². The fourth-order valence-corrected chi connectivity index (χ4v) is 3.92. The lowest BCUT2D eigenvalue weighted by atomic mass is 10.1. The molecule has 2 aromatic carbocycles. The Balaban J connectivity index is 1.91. The van der Waals surface area contributed by atoms with Crippen LogP contribution in [0.15, 0.2) is 53.4 Å². The number of sulfonamides is 1. The molecule has 0 fully saturated rings. The molecular weight excluding hydrogens is 286 g/mol. The van der Waals surface area contributed by atoms with E-state index in [9.17, 15) is 13.5 Å². The maximum atomic E-state index is 12.4. The van der Waals surface area contributed by atoms with E-state index in [1.807, 2.05) is 31.2 Å². The molecule has 0 heterocycles. The molecule has 4 nitrogen and oxygen atoms in total. The Bertz CT molecular complexity index is 753. The Labute approximate surface area is 124 Å². The fourth-order valence-electron chi connectivity index (χ4n) is 2.67. The van der Waals surface area contributed by atoms with Gasteiger partial charge in [-0.05, 0) is 30.2 Å². The van der Waals surface area contributed by atoms with Crippen molar-refractivity contribution in [3.05, 3.63) is 65.2 Å². The molecule has 0 aliphatic heterocycles. The van der Waals surface area contributed by atoms with Gasteiger partial charge in [0.1, 0.15) is 0 Å². The highest BCUT2D eigenvalue weighted by Gasteiger charge is 2.34. The second kappa shape index (κ2) is 5.26. The van der Waals surface area contributed by atoms with E-state index in [-0.39, 0.29) is 4.90 Å². The van der Waals surface area contributed by atoms with Gasteiger partial charge in [0.2, 0.25) is 10.0 Å². The number of hydrogen-bond acceptors (Lipinski definition) is 3. The zero-order valence-electron chi connectivity index (χ0n) is 11.7. The van der Waals surface area contributed by atoms with Gasteiger partial charge in [0.15, 0.2) is 0 Å². The lowest BCUT2D eigenvalue weighted by Crippen LogP contribution is -2.33. The standard InChI is InChI=1S/C16H17NO3S/c1-11-6-8-13(9-7-11)21(19,20)17-16-14-5-3-2-4-12(14)10-15(16)18/h2-9,15-18H,10H2,1H3. The van der Waals surface area contributed by atoms with Crippen LogP contribution >= 0.6 is 0 Å². The Morgan fingerprint density at radius 3 is 2.48 bits per heavy atom. The lowest BCUT2D eigenvalue weighted by molar-refractivity contribution is 0.151. The minimum absolute atomic E-state index is 0.213. The molecule has 110 valence electrons. The highest BCUT2D eigenvalue weighted by molar-refractivity contribution is 7.89. The third-order valence-corrected chi connectivity index (χ3v) is 5.27. The van der Waals surface area contributed by atoms with Gasteiger partial charge in [0, 0.05) is 6.42 Å². The predicted octanol–water partition coefficient (Wildman–Crippen LogP) is 1.93. The zero-order chi connectivity index (χ0) is 15.0. The molecule has 3 rings (SSSR count). The van der Waals surface area contributed by atoms with Gasteiger partial charge in [0.05, 0.1) is 17.0 Å². The van der Waals surface area contributed by atoms with Crippen molar-refractivity contribution in [2.24, 2.45) is 0 Å². The summed E-state index contributed by atoms with van der Waals surface area (Å²) in [5.41, 5.74) is 2.84. The number of aliphatic hydroxyl groups excluding tert-OH is 1. The van der Waals surface area contributed by atoms with E-state index >= 15 is 0 Å². The van der Waals surface area contributed by atoms with Gasteiger partial charge in [-0.15, -0.1) is 0 Å². The molecule has 0 saturated carbocycles. The predicted molar refractivity (Wildman–Crippen MR) is 80.4 cm³/mol. The van der Waals surface area contributed by atoms with Gasteiger partial charge in [-0.2, -0.15) is 0 Å². The second-order valence-electron chi connectivity index (χ2n) is 5.38. The number of rotatable bonds is 3. The van der Waals surface area contributed by atoms with Crippen molar-refractivity contribution in [2.45, 2.75) is 30.4 Å². The van der Waals surface area contributed by atoms with Crippen LogP contribution in [0.2, 0.25) is 0 Å². The first kappa shape index (κ1) is 14.3. The summed E-state index contributed by atoms with van der Waals surface area (Å²) in [5.74, 6) is 0. The summed E-state index contributed by atoms with van der Waals surface area (Å²) < 4.78 is 27.5. The maximum absolute atomic E-state index is 12.4. The lowest BCUT2D eigenvalue weighted by Gasteiger charge is -2.18. The molecule has 0 saturated heterocycles. The fraction of sp³-hybridized carbons (Fsp3) is 0.250. The minimum Gasteiger partial charge on any atom is -0.391 e. The summed E-state index contributed by atoms with van der Waals surface area (Å²) in [6.45, 7) is 1.90. The molecule has 0 radical (unpaired) electrons. The monoisotopic (exact) mass is 303 g/mol. The van der Waals surface area contributed by atoms with Crippen molar-refractivity contribution in [1.29, 1.82) is 0 Å². The highest BCUT2D eigenvalue weighted by Crippen LogP contribution is 2.32. The Morgan fingerprint density at radius 1 is 1.10 bits per heavy atom. The first-order chi connectivity index (χ1) is 9.97. The van der Waals surface area contributed by atoms with Crippen LogP contribution in [0, 0.1) is 6.92 Å². The Morgan fingerprint density at radius 2 is 1.76 bits per heavy atom. The maximum Gasteiger partial charge on any atom is 0.241 e. The van der Waals surface area contributed by atoms with Gasteiger partial charge < -0.3 is 5.11 Å². The van der Waals surface area contributed by atoms with Crippen molar-refractivity contribution in [1.82, 2.24) is 4.72 Å². The number of hydrogen-bond donors (Lipinski definition) is 2. The van der Waals surface area contributed by atoms with Crippen LogP contribution in [0.3, 0.4) is 0 Å². The van der Waals surface area contributed by atoms with Crippen LogP contribution < -0.4 is 4.72 Å². The summed E-state index contributed by atoms with van der Waals surface area (Å²) in [6.07, 6.45) is -0.264. The third kappa shape index (κ3) is 2.72. The molecule has 0 bridgehead atoms. The van der Waals surface area contributed by atoms with Crippen LogP contribution in [-0.2, 0) is 16.4 Å². The molecule has 1 aliphatic rings. The molecule has 2 unspecified atom stereocenters. The van der Waals surface area contributed by atoms with Crippen molar-refractivity contribution >= 4 is 10.0 Å². The number of aliphatic hydroxyl groups is 1. The van der Waals surface area contributed by atoms with Crippen LogP contribution in [0.25, 0.3) is 0 Å². The number of nitrogens with one attached hydrogen (secondary N) is 1. The van der Waals surface area contributed by atoms with Crippen LogP contribution in [0.1, 0.15) is 22.7 Å². The molecule has 5 heteroatoms. The summed E-state index contributed by atoms with van der Waals surface area (Å²) in [5, 5.41) is 10.1.